The van der Waals surface area contributed by atoms with Gasteiger partial charge in [-0.25, -0.2) is 0 Å². The molecular weight excluding hydrogens is 226 g/mol. The number of carbonyl (C=O) groups excluding carboxylic acids is 1. The molecule has 1 N–H and O–H groups in total. The molecule has 3 heteroatoms. The van der Waals surface area contributed by atoms with E-state index in [1.165, 1.54) is 0 Å². The SMILES string of the molecule is CCC(C)NCC(=O)c1c(C)cc(C)cc1OC. The summed E-state index contributed by atoms with van der Waals surface area (Å²) in [6.45, 7) is 8.48. The first-order valence-electron chi connectivity index (χ1n) is 6.41. The third-order valence-corrected chi connectivity index (χ3v) is 3.17. The van der Waals surface area contributed by atoms with Gasteiger partial charge >= 0.3 is 0 Å². The molecule has 0 fully saturated rings. The minimum absolute atomic E-state index is 0.0876. The fourth-order valence-corrected chi connectivity index (χ4v) is 1.95. The van der Waals surface area contributed by atoms with Crippen LogP contribution in [0.15, 0.2) is 12.1 Å². The molecule has 3 nitrogen and oxygen atoms in total. The van der Waals surface area contributed by atoms with Crippen LogP contribution >= 0.6 is 0 Å². The van der Waals surface area contributed by atoms with E-state index < -0.39 is 0 Å². The standard InChI is InChI=1S/C15H23NO2/c1-6-12(4)16-9-13(17)15-11(3)7-10(2)8-14(15)18-5/h7-8,12,16H,6,9H2,1-5H3. The summed E-state index contributed by atoms with van der Waals surface area (Å²) in [6, 6.07) is 4.27. The van der Waals surface area contributed by atoms with E-state index in [2.05, 4.69) is 19.2 Å². The second kappa shape index (κ2) is 6.55. The van der Waals surface area contributed by atoms with Gasteiger partial charge in [-0.2, -0.15) is 0 Å². The molecule has 1 aromatic carbocycles. The topological polar surface area (TPSA) is 38.3 Å². The average Bonchev–Trinajstić information content (AvgIpc) is 2.34. The third-order valence-electron chi connectivity index (χ3n) is 3.17. The average molecular weight is 249 g/mol. The molecule has 1 rings (SSSR count). The van der Waals surface area contributed by atoms with Crippen molar-refractivity contribution in [3.8, 4) is 5.75 Å². The van der Waals surface area contributed by atoms with Crippen LogP contribution in [0.5, 0.6) is 5.75 Å². The van der Waals surface area contributed by atoms with E-state index in [4.69, 9.17) is 4.74 Å². The van der Waals surface area contributed by atoms with Crippen LogP contribution in [0, 0.1) is 13.8 Å². The molecule has 1 atom stereocenters. The number of nitrogens with one attached hydrogen (secondary N) is 1. The lowest BCUT2D eigenvalue weighted by Gasteiger charge is -2.14. The van der Waals surface area contributed by atoms with Crippen molar-refractivity contribution in [1.29, 1.82) is 0 Å². The smallest absolute Gasteiger partial charge is 0.180 e. The van der Waals surface area contributed by atoms with Gasteiger partial charge in [0.15, 0.2) is 5.78 Å². The maximum absolute atomic E-state index is 12.2. The van der Waals surface area contributed by atoms with Gasteiger partial charge in [0.1, 0.15) is 5.75 Å². The van der Waals surface area contributed by atoms with Crippen LogP contribution in [0.1, 0.15) is 41.8 Å². The minimum Gasteiger partial charge on any atom is -0.496 e. The number of hydrogen-bond donors (Lipinski definition) is 1. The van der Waals surface area contributed by atoms with Crippen molar-refractivity contribution in [2.75, 3.05) is 13.7 Å². The Morgan fingerprint density at radius 2 is 2.06 bits per heavy atom. The lowest BCUT2D eigenvalue weighted by Crippen LogP contribution is -2.31. The summed E-state index contributed by atoms with van der Waals surface area (Å²) >= 11 is 0. The first kappa shape index (κ1) is 14.7. The van der Waals surface area contributed by atoms with Crippen molar-refractivity contribution in [3.63, 3.8) is 0 Å². The highest BCUT2D eigenvalue weighted by atomic mass is 16.5. The molecule has 0 aliphatic carbocycles. The Bertz CT molecular complexity index is 427. The number of ketones is 1. The molecule has 0 heterocycles. The highest BCUT2D eigenvalue weighted by molar-refractivity contribution is 6.01. The van der Waals surface area contributed by atoms with E-state index in [0.717, 1.165) is 17.5 Å². The molecule has 1 aromatic rings. The molecule has 0 amide bonds. The third kappa shape index (κ3) is 3.57. The predicted octanol–water partition coefficient (Wildman–Crippen LogP) is 2.88. The number of Topliss-reactive ketones (excluding diaryl/α,β-unsaturated/α-hetero) is 1. The van der Waals surface area contributed by atoms with Crippen LogP contribution in [-0.2, 0) is 0 Å². The zero-order chi connectivity index (χ0) is 13.7. The van der Waals surface area contributed by atoms with Crippen LogP contribution in [0.4, 0.5) is 0 Å². The zero-order valence-electron chi connectivity index (χ0n) is 12.0. The Morgan fingerprint density at radius 3 is 2.61 bits per heavy atom. The van der Waals surface area contributed by atoms with Crippen molar-refractivity contribution < 1.29 is 9.53 Å². The molecule has 0 spiro atoms. The van der Waals surface area contributed by atoms with Crippen molar-refractivity contribution in [1.82, 2.24) is 5.32 Å². The number of aryl methyl sites for hydroxylation is 2. The second-order valence-electron chi connectivity index (χ2n) is 4.77. The van der Waals surface area contributed by atoms with E-state index in [-0.39, 0.29) is 5.78 Å². The first-order chi connectivity index (χ1) is 8.49. The fourth-order valence-electron chi connectivity index (χ4n) is 1.95. The predicted molar refractivity (Wildman–Crippen MR) is 74.6 cm³/mol. The number of rotatable bonds is 6. The molecule has 0 aliphatic heterocycles. The van der Waals surface area contributed by atoms with E-state index in [1.54, 1.807) is 7.11 Å². The zero-order valence-corrected chi connectivity index (χ0v) is 12.0. The maximum Gasteiger partial charge on any atom is 0.180 e. The molecular formula is C15H23NO2. The van der Waals surface area contributed by atoms with Crippen LogP contribution < -0.4 is 10.1 Å². The van der Waals surface area contributed by atoms with Gasteiger partial charge in [-0.3, -0.25) is 4.79 Å². The Kier molecular flexibility index (Phi) is 5.35. The van der Waals surface area contributed by atoms with Gasteiger partial charge in [0.2, 0.25) is 0 Å². The van der Waals surface area contributed by atoms with Crippen LogP contribution in [-0.4, -0.2) is 25.5 Å². The van der Waals surface area contributed by atoms with Crippen LogP contribution in [0.3, 0.4) is 0 Å². The Morgan fingerprint density at radius 1 is 1.39 bits per heavy atom. The summed E-state index contributed by atoms with van der Waals surface area (Å²) in [7, 11) is 1.60. The monoisotopic (exact) mass is 249 g/mol. The summed E-state index contributed by atoms with van der Waals surface area (Å²) in [4.78, 5) is 12.2. The molecule has 0 saturated heterocycles. The second-order valence-corrected chi connectivity index (χ2v) is 4.77. The van der Waals surface area contributed by atoms with Gasteiger partial charge in [-0.05, 0) is 44.4 Å². The molecule has 18 heavy (non-hydrogen) atoms. The lowest BCUT2D eigenvalue weighted by atomic mass is 10.0. The molecule has 0 radical (unpaired) electrons. The van der Waals surface area contributed by atoms with Gasteiger partial charge in [-0.15, -0.1) is 0 Å². The largest absolute Gasteiger partial charge is 0.496 e. The van der Waals surface area contributed by atoms with E-state index in [0.29, 0.717) is 23.9 Å². The van der Waals surface area contributed by atoms with Crippen LogP contribution in [0.2, 0.25) is 0 Å². The number of methoxy groups -OCH3 is 1. The summed E-state index contributed by atoms with van der Waals surface area (Å²) in [5.74, 6) is 0.758. The van der Waals surface area contributed by atoms with Gasteiger partial charge in [0.05, 0.1) is 19.2 Å². The van der Waals surface area contributed by atoms with E-state index in [9.17, 15) is 4.79 Å². The van der Waals surface area contributed by atoms with E-state index in [1.807, 2.05) is 26.0 Å². The highest BCUT2D eigenvalue weighted by Gasteiger charge is 2.16. The summed E-state index contributed by atoms with van der Waals surface area (Å²) < 4.78 is 5.31. The van der Waals surface area contributed by atoms with Gasteiger partial charge in [-0.1, -0.05) is 13.0 Å². The van der Waals surface area contributed by atoms with Crippen molar-refractivity contribution >= 4 is 5.78 Å². The Balaban J connectivity index is 2.91. The van der Waals surface area contributed by atoms with E-state index >= 15 is 0 Å². The number of benzene rings is 1. The molecule has 0 bridgehead atoms. The molecule has 100 valence electrons. The number of ether oxygens (including phenoxy) is 1. The fraction of sp³-hybridized carbons (Fsp3) is 0.533. The maximum atomic E-state index is 12.2. The summed E-state index contributed by atoms with van der Waals surface area (Å²) in [5, 5.41) is 3.22. The number of hydrogen-bond acceptors (Lipinski definition) is 3. The normalized spacial score (nSPS) is 12.3. The van der Waals surface area contributed by atoms with Crippen molar-refractivity contribution in [3.05, 3.63) is 28.8 Å². The lowest BCUT2D eigenvalue weighted by molar-refractivity contribution is 0.0984. The first-order valence-corrected chi connectivity index (χ1v) is 6.41. The Hall–Kier alpha value is -1.35. The van der Waals surface area contributed by atoms with Crippen molar-refractivity contribution in [2.45, 2.75) is 40.2 Å². The highest BCUT2D eigenvalue weighted by Crippen LogP contribution is 2.24. The summed E-state index contributed by atoms with van der Waals surface area (Å²) in [6.07, 6.45) is 1.01. The molecule has 0 saturated carbocycles. The Labute approximate surface area is 110 Å². The van der Waals surface area contributed by atoms with Crippen molar-refractivity contribution in [2.24, 2.45) is 0 Å². The molecule has 0 aromatic heterocycles. The van der Waals surface area contributed by atoms with Gasteiger partial charge in [0, 0.05) is 6.04 Å². The molecule has 1 unspecified atom stereocenters. The summed E-state index contributed by atoms with van der Waals surface area (Å²) in [5.41, 5.74) is 2.78. The quantitative estimate of drug-likeness (QED) is 0.788. The molecule has 0 aliphatic rings. The number of carbonyl (C=O) groups is 1. The van der Waals surface area contributed by atoms with Gasteiger partial charge in [0.25, 0.3) is 0 Å². The van der Waals surface area contributed by atoms with Gasteiger partial charge < -0.3 is 10.1 Å². The van der Waals surface area contributed by atoms with Crippen LogP contribution in [0.25, 0.3) is 0 Å². The minimum atomic E-state index is 0.0876.